The molecule has 1 heterocycles. The highest BCUT2D eigenvalue weighted by Gasteiger charge is 2.29. The molecule has 0 aromatic heterocycles. The monoisotopic (exact) mass is 249 g/mol. The number of aliphatic hydroxyl groups is 1. The van der Waals surface area contributed by atoms with Crippen molar-refractivity contribution >= 4 is 5.69 Å². The molecule has 1 fully saturated rings. The zero-order chi connectivity index (χ0) is 13.3. The van der Waals surface area contributed by atoms with E-state index in [-0.39, 0.29) is 0 Å². The minimum absolute atomic E-state index is 0.515. The molecule has 2 unspecified atom stereocenters. The Morgan fingerprint density at radius 3 is 2.61 bits per heavy atom. The maximum atomic E-state index is 10.0. The van der Waals surface area contributed by atoms with Gasteiger partial charge in [-0.1, -0.05) is 13.0 Å². The van der Waals surface area contributed by atoms with Crippen LogP contribution in [0.4, 0.5) is 5.69 Å². The van der Waals surface area contributed by atoms with Gasteiger partial charge in [-0.2, -0.15) is 0 Å². The molecule has 3 nitrogen and oxygen atoms in total. The normalized spacial score (nSPS) is 25.3. The average molecular weight is 249 g/mol. The molecule has 18 heavy (non-hydrogen) atoms. The topological polar surface area (TPSA) is 32.7 Å². The molecule has 1 aromatic rings. The summed E-state index contributed by atoms with van der Waals surface area (Å²) < 4.78 is 5.38. The first kappa shape index (κ1) is 13.2. The van der Waals surface area contributed by atoms with Crippen molar-refractivity contribution in [1.29, 1.82) is 0 Å². The summed E-state index contributed by atoms with van der Waals surface area (Å²) in [5, 5.41) is 10.0. The maximum Gasteiger partial charge on any atom is 0.126 e. The van der Waals surface area contributed by atoms with Crippen molar-refractivity contribution < 1.29 is 9.84 Å². The van der Waals surface area contributed by atoms with Gasteiger partial charge in [0, 0.05) is 23.8 Å². The molecular formula is C15H23NO2. The van der Waals surface area contributed by atoms with E-state index >= 15 is 0 Å². The van der Waals surface area contributed by atoms with E-state index in [1.807, 2.05) is 12.1 Å². The lowest BCUT2D eigenvalue weighted by atomic mass is 10.1. The zero-order valence-electron chi connectivity index (χ0n) is 11.7. The van der Waals surface area contributed by atoms with E-state index in [9.17, 15) is 5.11 Å². The Kier molecular flexibility index (Phi) is 3.81. The Hall–Kier alpha value is -1.22. The second-order valence-electron chi connectivity index (χ2n) is 5.41. The molecule has 2 rings (SSSR count). The number of rotatable bonds is 3. The average Bonchev–Trinajstić information content (AvgIpc) is 2.67. The van der Waals surface area contributed by atoms with Crippen LogP contribution in [0.25, 0.3) is 0 Å². The molecule has 100 valence electrons. The minimum atomic E-state index is -0.515. The number of nitrogens with zero attached hydrogens (tertiary/aromatic N) is 1. The van der Waals surface area contributed by atoms with Gasteiger partial charge in [0.1, 0.15) is 5.75 Å². The van der Waals surface area contributed by atoms with Crippen molar-refractivity contribution in [3.8, 4) is 5.75 Å². The summed E-state index contributed by atoms with van der Waals surface area (Å²) in [6.45, 7) is 7.37. The van der Waals surface area contributed by atoms with E-state index in [1.54, 1.807) is 14.0 Å². The first-order valence-corrected chi connectivity index (χ1v) is 6.66. The summed E-state index contributed by atoms with van der Waals surface area (Å²) in [7, 11) is 1.65. The minimum Gasteiger partial charge on any atom is -0.496 e. The lowest BCUT2D eigenvalue weighted by Crippen LogP contribution is -2.28. The zero-order valence-corrected chi connectivity index (χ0v) is 11.7. The summed E-state index contributed by atoms with van der Waals surface area (Å²) in [5.41, 5.74) is 2.02. The van der Waals surface area contributed by atoms with Gasteiger partial charge in [0.25, 0.3) is 0 Å². The third-order valence-electron chi connectivity index (χ3n) is 3.77. The highest BCUT2D eigenvalue weighted by atomic mass is 16.5. The number of hydrogen-bond donors (Lipinski definition) is 1. The SMILES string of the molecule is COc1cccc(N2CC(C)CC2C)c1[C@@H](C)O. The van der Waals surface area contributed by atoms with Crippen LogP contribution in [0.1, 0.15) is 38.9 Å². The second-order valence-corrected chi connectivity index (χ2v) is 5.41. The molecule has 0 aliphatic carbocycles. The highest BCUT2D eigenvalue weighted by molar-refractivity contribution is 5.61. The molecule has 1 N–H and O–H groups in total. The van der Waals surface area contributed by atoms with Gasteiger partial charge in [0.05, 0.1) is 13.2 Å². The molecule has 1 saturated heterocycles. The molecule has 0 amide bonds. The van der Waals surface area contributed by atoms with E-state index < -0.39 is 6.10 Å². The molecule has 0 saturated carbocycles. The van der Waals surface area contributed by atoms with E-state index in [0.29, 0.717) is 12.0 Å². The molecular weight excluding hydrogens is 226 g/mol. The van der Waals surface area contributed by atoms with Crippen molar-refractivity contribution in [3.63, 3.8) is 0 Å². The quantitative estimate of drug-likeness (QED) is 0.894. The highest BCUT2D eigenvalue weighted by Crippen LogP contribution is 2.38. The summed E-state index contributed by atoms with van der Waals surface area (Å²) in [6, 6.07) is 6.51. The van der Waals surface area contributed by atoms with Crippen molar-refractivity contribution in [2.45, 2.75) is 39.3 Å². The number of aliphatic hydroxyl groups excluding tert-OH is 1. The van der Waals surface area contributed by atoms with Gasteiger partial charge < -0.3 is 14.7 Å². The van der Waals surface area contributed by atoms with Crippen molar-refractivity contribution in [2.75, 3.05) is 18.6 Å². The van der Waals surface area contributed by atoms with Crippen LogP contribution < -0.4 is 9.64 Å². The Morgan fingerprint density at radius 2 is 2.11 bits per heavy atom. The summed E-state index contributed by atoms with van der Waals surface area (Å²) in [5.74, 6) is 1.47. The van der Waals surface area contributed by atoms with Crippen LogP contribution in [0, 0.1) is 5.92 Å². The van der Waals surface area contributed by atoms with Crippen LogP contribution in [-0.4, -0.2) is 24.8 Å². The number of benzene rings is 1. The van der Waals surface area contributed by atoms with Gasteiger partial charge in [-0.05, 0) is 38.3 Å². The molecule has 0 bridgehead atoms. The third-order valence-corrected chi connectivity index (χ3v) is 3.77. The number of methoxy groups -OCH3 is 1. The largest absolute Gasteiger partial charge is 0.496 e. The Morgan fingerprint density at radius 1 is 1.39 bits per heavy atom. The molecule has 0 spiro atoms. The summed E-state index contributed by atoms with van der Waals surface area (Å²) in [6.07, 6.45) is 0.690. The van der Waals surface area contributed by atoms with Crippen molar-refractivity contribution in [1.82, 2.24) is 0 Å². The second kappa shape index (κ2) is 5.19. The van der Waals surface area contributed by atoms with Crippen LogP contribution in [0.15, 0.2) is 18.2 Å². The third kappa shape index (κ3) is 2.32. The van der Waals surface area contributed by atoms with Gasteiger partial charge >= 0.3 is 0 Å². The van der Waals surface area contributed by atoms with Crippen LogP contribution in [0.5, 0.6) is 5.75 Å². The predicted molar refractivity (Wildman–Crippen MR) is 74.2 cm³/mol. The number of ether oxygens (including phenoxy) is 1. The lowest BCUT2D eigenvalue weighted by molar-refractivity contribution is 0.194. The molecule has 1 aliphatic rings. The first-order chi connectivity index (χ1) is 8.54. The van der Waals surface area contributed by atoms with Gasteiger partial charge in [-0.25, -0.2) is 0 Å². The van der Waals surface area contributed by atoms with Crippen LogP contribution in [0.2, 0.25) is 0 Å². The fourth-order valence-corrected chi connectivity index (χ4v) is 3.02. The van der Waals surface area contributed by atoms with Gasteiger partial charge in [-0.15, -0.1) is 0 Å². The molecule has 3 atom stereocenters. The van der Waals surface area contributed by atoms with E-state index in [4.69, 9.17) is 4.74 Å². The van der Waals surface area contributed by atoms with Gasteiger partial charge in [0.2, 0.25) is 0 Å². The molecule has 0 radical (unpaired) electrons. The molecule has 1 aromatic carbocycles. The van der Waals surface area contributed by atoms with Crippen molar-refractivity contribution in [2.24, 2.45) is 5.92 Å². The van der Waals surface area contributed by atoms with E-state index in [1.165, 1.54) is 6.42 Å². The first-order valence-electron chi connectivity index (χ1n) is 6.66. The summed E-state index contributed by atoms with van der Waals surface area (Å²) >= 11 is 0. The smallest absolute Gasteiger partial charge is 0.126 e. The van der Waals surface area contributed by atoms with Crippen LogP contribution in [-0.2, 0) is 0 Å². The number of hydrogen-bond acceptors (Lipinski definition) is 3. The summed E-state index contributed by atoms with van der Waals surface area (Å²) in [4.78, 5) is 2.38. The van der Waals surface area contributed by atoms with Crippen molar-refractivity contribution in [3.05, 3.63) is 23.8 Å². The molecule has 1 aliphatic heterocycles. The predicted octanol–water partition coefficient (Wildman–Crippen LogP) is 2.98. The fourth-order valence-electron chi connectivity index (χ4n) is 3.02. The Labute approximate surface area is 109 Å². The Bertz CT molecular complexity index is 417. The number of anilines is 1. The standard InChI is InChI=1S/C15H23NO2/c1-10-8-11(2)16(9-10)13-6-5-7-14(18-4)15(13)12(3)17/h5-7,10-12,17H,8-9H2,1-4H3/t10?,11?,12-/m1/s1. The van der Waals surface area contributed by atoms with E-state index in [2.05, 4.69) is 24.8 Å². The lowest BCUT2D eigenvalue weighted by Gasteiger charge is -2.28. The maximum absolute atomic E-state index is 10.0. The van der Waals surface area contributed by atoms with Gasteiger partial charge in [0.15, 0.2) is 0 Å². The van der Waals surface area contributed by atoms with Crippen LogP contribution >= 0.6 is 0 Å². The fraction of sp³-hybridized carbons (Fsp3) is 0.600. The van der Waals surface area contributed by atoms with E-state index in [0.717, 1.165) is 23.5 Å². The van der Waals surface area contributed by atoms with Crippen LogP contribution in [0.3, 0.4) is 0 Å². The Balaban J connectivity index is 2.44. The molecule has 3 heteroatoms. The van der Waals surface area contributed by atoms with Gasteiger partial charge in [-0.3, -0.25) is 0 Å².